The van der Waals surface area contributed by atoms with Gasteiger partial charge < -0.3 is 9.64 Å². The zero-order valence-corrected chi connectivity index (χ0v) is 11.7. The number of hydrogen-bond acceptors (Lipinski definition) is 3. The first-order valence-electron chi connectivity index (χ1n) is 6.42. The molecule has 0 aromatic rings. The summed E-state index contributed by atoms with van der Waals surface area (Å²) >= 11 is 5.75. The van der Waals surface area contributed by atoms with Crippen molar-refractivity contribution in [3.05, 3.63) is 0 Å². The molecule has 1 saturated carbocycles. The Morgan fingerprint density at radius 3 is 2.41 bits per heavy atom. The highest BCUT2D eigenvalue weighted by Crippen LogP contribution is 2.46. The summed E-state index contributed by atoms with van der Waals surface area (Å²) in [5.41, 5.74) is -0.364. The summed E-state index contributed by atoms with van der Waals surface area (Å²) in [5.74, 6) is 1.81. The van der Waals surface area contributed by atoms with E-state index in [1.54, 1.807) is 0 Å². The van der Waals surface area contributed by atoms with Gasteiger partial charge in [0.15, 0.2) is 0 Å². The lowest BCUT2D eigenvalue weighted by Gasteiger charge is -2.52. The van der Waals surface area contributed by atoms with Gasteiger partial charge in [0.2, 0.25) is 0 Å². The van der Waals surface area contributed by atoms with E-state index in [4.69, 9.17) is 16.3 Å². The zero-order valence-electron chi connectivity index (χ0n) is 10.9. The highest BCUT2D eigenvalue weighted by atomic mass is 35.5. The molecule has 1 aliphatic carbocycles. The number of rotatable bonds is 3. The number of alkyl halides is 1. The monoisotopic (exact) mass is 259 g/mol. The fourth-order valence-electron chi connectivity index (χ4n) is 3.04. The number of ether oxygens (including phenoxy) is 1. The fraction of sp³-hybridized carbons (Fsp3) is 0.923. The van der Waals surface area contributed by atoms with Crippen molar-refractivity contribution < 1.29 is 9.53 Å². The van der Waals surface area contributed by atoms with Crippen molar-refractivity contribution in [1.82, 2.24) is 4.90 Å². The summed E-state index contributed by atoms with van der Waals surface area (Å²) in [4.78, 5) is 14.4. The molecular weight excluding hydrogens is 238 g/mol. The highest BCUT2D eigenvalue weighted by molar-refractivity contribution is 6.18. The number of piperidine rings is 2. The highest BCUT2D eigenvalue weighted by Gasteiger charge is 2.51. The Bertz CT molecular complexity index is 288. The van der Waals surface area contributed by atoms with Gasteiger partial charge in [0.05, 0.1) is 5.92 Å². The molecule has 17 heavy (non-hydrogen) atoms. The summed E-state index contributed by atoms with van der Waals surface area (Å²) in [6.07, 6.45) is 1.18. The van der Waals surface area contributed by atoms with Crippen LogP contribution in [-0.4, -0.2) is 42.0 Å². The van der Waals surface area contributed by atoms with Crippen molar-refractivity contribution >= 4 is 17.6 Å². The van der Waals surface area contributed by atoms with E-state index in [0.717, 1.165) is 19.6 Å². The maximum atomic E-state index is 12.1. The molecule has 3 rings (SSSR count). The van der Waals surface area contributed by atoms with Gasteiger partial charge in [-0.1, -0.05) is 0 Å². The second-order valence-corrected chi connectivity index (χ2v) is 6.64. The molecule has 98 valence electrons. The first-order valence-corrected chi connectivity index (χ1v) is 6.95. The SMILES string of the molecule is CC(C)(C)OC(=O)C1C2CC1CN(CCCl)C2. The van der Waals surface area contributed by atoms with Crippen LogP contribution in [0.1, 0.15) is 27.2 Å². The van der Waals surface area contributed by atoms with E-state index >= 15 is 0 Å². The van der Waals surface area contributed by atoms with Crippen molar-refractivity contribution in [2.45, 2.75) is 32.8 Å². The van der Waals surface area contributed by atoms with Crippen LogP contribution in [0, 0.1) is 17.8 Å². The Hall–Kier alpha value is -0.280. The van der Waals surface area contributed by atoms with E-state index < -0.39 is 0 Å². The molecule has 3 fully saturated rings. The summed E-state index contributed by atoms with van der Waals surface area (Å²) < 4.78 is 5.49. The van der Waals surface area contributed by atoms with Crippen LogP contribution in [0.4, 0.5) is 0 Å². The van der Waals surface area contributed by atoms with Crippen LogP contribution in [0.2, 0.25) is 0 Å². The molecule has 0 N–H and O–H groups in total. The Kier molecular flexibility index (Phi) is 3.69. The maximum absolute atomic E-state index is 12.1. The molecular formula is C13H22ClNO2. The lowest BCUT2D eigenvalue weighted by molar-refractivity contribution is -0.177. The summed E-state index contributed by atoms with van der Waals surface area (Å²) in [7, 11) is 0. The smallest absolute Gasteiger partial charge is 0.310 e. The minimum atomic E-state index is -0.364. The molecule has 0 amide bonds. The van der Waals surface area contributed by atoms with Crippen molar-refractivity contribution in [1.29, 1.82) is 0 Å². The number of carbonyl (C=O) groups excluding carboxylic acids is 1. The van der Waals surface area contributed by atoms with Crippen LogP contribution < -0.4 is 0 Å². The van der Waals surface area contributed by atoms with Gasteiger partial charge in [-0.05, 0) is 39.0 Å². The van der Waals surface area contributed by atoms with Crippen LogP contribution in [0.5, 0.6) is 0 Å². The third-order valence-electron chi connectivity index (χ3n) is 3.69. The number of fused-ring (bicyclic) bond motifs is 2. The van der Waals surface area contributed by atoms with Crippen molar-refractivity contribution in [3.63, 3.8) is 0 Å². The first kappa shape index (κ1) is 13.2. The topological polar surface area (TPSA) is 29.5 Å². The number of carbonyl (C=O) groups is 1. The molecule has 0 aromatic heterocycles. The molecule has 2 unspecified atom stereocenters. The second kappa shape index (κ2) is 4.77. The van der Waals surface area contributed by atoms with E-state index in [1.165, 1.54) is 6.42 Å². The van der Waals surface area contributed by atoms with E-state index in [1.807, 2.05) is 20.8 Å². The Morgan fingerprint density at radius 2 is 1.94 bits per heavy atom. The molecule has 4 heteroatoms. The lowest BCUT2D eigenvalue weighted by atomic mass is 9.61. The van der Waals surface area contributed by atoms with Crippen molar-refractivity contribution in [2.75, 3.05) is 25.5 Å². The van der Waals surface area contributed by atoms with Gasteiger partial charge in [0, 0.05) is 25.5 Å². The number of nitrogens with zero attached hydrogens (tertiary/aromatic N) is 1. The molecule has 2 bridgehead atoms. The average molecular weight is 260 g/mol. The van der Waals surface area contributed by atoms with E-state index in [0.29, 0.717) is 17.7 Å². The van der Waals surface area contributed by atoms with E-state index in [9.17, 15) is 4.79 Å². The van der Waals surface area contributed by atoms with Gasteiger partial charge in [-0.2, -0.15) is 0 Å². The number of halogens is 1. The summed E-state index contributed by atoms with van der Waals surface area (Å²) in [5, 5.41) is 0. The minimum Gasteiger partial charge on any atom is -0.460 e. The molecule has 2 atom stereocenters. The van der Waals surface area contributed by atoms with Gasteiger partial charge in [0.1, 0.15) is 5.60 Å². The largest absolute Gasteiger partial charge is 0.460 e. The molecule has 2 heterocycles. The van der Waals surface area contributed by atoms with Gasteiger partial charge in [-0.25, -0.2) is 0 Å². The fourth-order valence-corrected chi connectivity index (χ4v) is 3.28. The molecule has 0 spiro atoms. The van der Waals surface area contributed by atoms with Crippen molar-refractivity contribution in [2.24, 2.45) is 17.8 Å². The van der Waals surface area contributed by atoms with Gasteiger partial charge in [-0.3, -0.25) is 4.79 Å². The Balaban J connectivity index is 1.88. The van der Waals surface area contributed by atoms with Gasteiger partial charge in [-0.15, -0.1) is 11.6 Å². The maximum Gasteiger partial charge on any atom is 0.310 e. The molecule has 2 saturated heterocycles. The molecule has 3 nitrogen and oxygen atoms in total. The third kappa shape index (κ3) is 2.94. The average Bonchev–Trinajstić information content (AvgIpc) is 2.14. The van der Waals surface area contributed by atoms with Crippen LogP contribution in [0.3, 0.4) is 0 Å². The van der Waals surface area contributed by atoms with Gasteiger partial charge in [0.25, 0.3) is 0 Å². The third-order valence-corrected chi connectivity index (χ3v) is 3.86. The van der Waals surface area contributed by atoms with Crippen LogP contribution >= 0.6 is 11.6 Å². The van der Waals surface area contributed by atoms with Crippen LogP contribution in [0.25, 0.3) is 0 Å². The standard InChI is InChI=1S/C13H22ClNO2/c1-13(2,3)17-12(16)11-9-6-10(11)8-15(7-9)5-4-14/h9-11H,4-8H2,1-3H3. The minimum absolute atomic E-state index is 0.00396. The van der Waals surface area contributed by atoms with Crippen LogP contribution in [0.15, 0.2) is 0 Å². The van der Waals surface area contributed by atoms with E-state index in [2.05, 4.69) is 4.90 Å². The quantitative estimate of drug-likeness (QED) is 0.575. The summed E-state index contributed by atoms with van der Waals surface area (Å²) in [6.45, 7) is 8.74. The number of esters is 1. The molecule has 0 radical (unpaired) electrons. The predicted octanol–water partition coefficient (Wildman–Crippen LogP) is 2.13. The van der Waals surface area contributed by atoms with E-state index in [-0.39, 0.29) is 17.5 Å². The predicted molar refractivity (Wildman–Crippen MR) is 68.1 cm³/mol. The molecule has 2 aliphatic heterocycles. The molecule has 3 aliphatic rings. The van der Waals surface area contributed by atoms with Crippen LogP contribution in [-0.2, 0) is 9.53 Å². The Labute approximate surface area is 108 Å². The molecule has 0 aromatic carbocycles. The van der Waals surface area contributed by atoms with Gasteiger partial charge >= 0.3 is 5.97 Å². The first-order chi connectivity index (χ1) is 7.90. The lowest BCUT2D eigenvalue weighted by Crippen LogP contribution is -2.58. The normalized spacial score (nSPS) is 33.1. The second-order valence-electron chi connectivity index (χ2n) is 6.26. The zero-order chi connectivity index (χ0) is 12.6. The van der Waals surface area contributed by atoms with Crippen molar-refractivity contribution in [3.8, 4) is 0 Å². The summed E-state index contributed by atoms with van der Waals surface area (Å²) in [6, 6.07) is 0. The Morgan fingerprint density at radius 1 is 1.35 bits per heavy atom. The number of hydrogen-bond donors (Lipinski definition) is 0.